The number of rotatable bonds is 5. The van der Waals surface area contributed by atoms with E-state index in [4.69, 9.17) is 11.6 Å². The highest BCUT2D eigenvalue weighted by Gasteiger charge is 2.21. The Morgan fingerprint density at radius 1 is 1.16 bits per heavy atom. The smallest absolute Gasteiger partial charge is 0.253 e. The molecule has 0 fully saturated rings. The van der Waals surface area contributed by atoms with Gasteiger partial charge in [-0.15, -0.1) is 0 Å². The van der Waals surface area contributed by atoms with Crippen LogP contribution in [0.3, 0.4) is 0 Å². The third-order valence-corrected chi connectivity index (χ3v) is 5.90. The minimum atomic E-state index is -3.63. The molecule has 134 valence electrons. The van der Waals surface area contributed by atoms with Gasteiger partial charge in [0.2, 0.25) is 10.0 Å². The minimum Gasteiger partial charge on any atom is -0.337 e. The Hall–Kier alpha value is -1.89. The maximum atomic E-state index is 12.7. The van der Waals surface area contributed by atoms with E-state index in [1.54, 1.807) is 44.0 Å². The third-order valence-electron chi connectivity index (χ3n) is 4.10. The summed E-state index contributed by atoms with van der Waals surface area (Å²) < 4.78 is 26.7. The first kappa shape index (κ1) is 19.4. The molecule has 2 rings (SSSR count). The molecule has 2 aromatic carbocycles. The maximum Gasteiger partial charge on any atom is 0.253 e. The van der Waals surface area contributed by atoms with Crippen LogP contribution in [-0.4, -0.2) is 33.3 Å². The zero-order valence-electron chi connectivity index (χ0n) is 14.6. The zero-order valence-corrected chi connectivity index (χ0v) is 16.2. The van der Waals surface area contributed by atoms with Crippen molar-refractivity contribution in [2.45, 2.75) is 25.3 Å². The lowest BCUT2D eigenvalue weighted by atomic mass is 10.1. The summed E-state index contributed by atoms with van der Waals surface area (Å²) in [5.41, 5.74) is 2.66. The Morgan fingerprint density at radius 3 is 2.32 bits per heavy atom. The SMILES string of the molecule is CNS(=O)(=O)c1cc(C(=O)N(C)Cc2ccc(Cl)cc2)cc(C)c1C. The van der Waals surface area contributed by atoms with Crippen LogP contribution in [0.2, 0.25) is 5.02 Å². The van der Waals surface area contributed by atoms with Crippen LogP contribution in [0.25, 0.3) is 0 Å². The van der Waals surface area contributed by atoms with Gasteiger partial charge in [0.25, 0.3) is 5.91 Å². The number of halogens is 1. The van der Waals surface area contributed by atoms with Crippen LogP contribution in [0, 0.1) is 13.8 Å². The summed E-state index contributed by atoms with van der Waals surface area (Å²) in [5, 5.41) is 0.633. The normalized spacial score (nSPS) is 11.4. The Kier molecular flexibility index (Phi) is 5.87. The zero-order chi connectivity index (χ0) is 18.8. The van der Waals surface area contributed by atoms with Gasteiger partial charge in [-0.3, -0.25) is 4.79 Å². The van der Waals surface area contributed by atoms with Crippen LogP contribution in [-0.2, 0) is 16.6 Å². The fraction of sp³-hybridized carbons (Fsp3) is 0.278. The van der Waals surface area contributed by atoms with Gasteiger partial charge in [0.05, 0.1) is 4.90 Å². The summed E-state index contributed by atoms with van der Waals surface area (Å²) in [7, 11) is -0.601. The predicted octanol–water partition coefficient (Wildman–Crippen LogP) is 3.14. The molecule has 0 spiro atoms. The standard InChI is InChI=1S/C18H21ClN2O3S/c1-12-9-15(10-17(13(12)2)25(23,24)20-3)18(22)21(4)11-14-5-7-16(19)8-6-14/h5-10,20H,11H2,1-4H3. The van der Waals surface area contributed by atoms with E-state index in [1.807, 2.05) is 12.1 Å². The summed E-state index contributed by atoms with van der Waals surface area (Å²) in [6, 6.07) is 10.4. The van der Waals surface area contributed by atoms with E-state index in [0.29, 0.717) is 22.7 Å². The number of sulfonamides is 1. The molecule has 5 nitrogen and oxygen atoms in total. The number of carbonyl (C=O) groups is 1. The monoisotopic (exact) mass is 380 g/mol. The molecule has 0 unspecified atom stereocenters. The van der Waals surface area contributed by atoms with Crippen molar-refractivity contribution in [3.63, 3.8) is 0 Å². The molecule has 0 aliphatic carbocycles. The highest BCUT2D eigenvalue weighted by Crippen LogP contribution is 2.22. The molecule has 7 heteroatoms. The first-order valence-electron chi connectivity index (χ1n) is 7.70. The third kappa shape index (κ3) is 4.39. The molecule has 25 heavy (non-hydrogen) atoms. The largest absolute Gasteiger partial charge is 0.337 e. The average Bonchev–Trinajstić information content (AvgIpc) is 2.58. The Labute approximate surface area is 153 Å². The number of aryl methyl sites for hydroxylation is 1. The van der Waals surface area contributed by atoms with Crippen LogP contribution in [0.1, 0.15) is 27.0 Å². The summed E-state index contributed by atoms with van der Waals surface area (Å²) in [4.78, 5) is 14.4. The molecule has 0 bridgehead atoms. The molecule has 1 N–H and O–H groups in total. The van der Waals surface area contributed by atoms with E-state index in [2.05, 4.69) is 4.72 Å². The molecular weight excluding hydrogens is 360 g/mol. The van der Waals surface area contributed by atoms with E-state index in [1.165, 1.54) is 13.1 Å². The minimum absolute atomic E-state index is 0.123. The topological polar surface area (TPSA) is 66.5 Å². The number of nitrogens with one attached hydrogen (secondary N) is 1. The molecule has 0 aliphatic heterocycles. The first-order chi connectivity index (χ1) is 11.7. The lowest BCUT2D eigenvalue weighted by Gasteiger charge is -2.19. The van der Waals surface area contributed by atoms with Gasteiger partial charge in [-0.25, -0.2) is 13.1 Å². The lowest BCUT2D eigenvalue weighted by Crippen LogP contribution is -2.27. The average molecular weight is 381 g/mol. The van der Waals surface area contributed by atoms with Crippen LogP contribution < -0.4 is 4.72 Å². The molecule has 0 atom stereocenters. The Balaban J connectivity index is 2.34. The van der Waals surface area contributed by atoms with E-state index >= 15 is 0 Å². The van der Waals surface area contributed by atoms with Gasteiger partial charge in [0, 0.05) is 24.2 Å². The second-order valence-electron chi connectivity index (χ2n) is 5.91. The van der Waals surface area contributed by atoms with Crippen LogP contribution in [0.15, 0.2) is 41.3 Å². The molecule has 0 aliphatic rings. The summed E-state index contributed by atoms with van der Waals surface area (Å²) in [6.45, 7) is 3.92. The van der Waals surface area contributed by atoms with Crippen molar-refractivity contribution >= 4 is 27.5 Å². The number of amides is 1. The summed E-state index contributed by atoms with van der Waals surface area (Å²) in [6.07, 6.45) is 0. The molecule has 0 saturated heterocycles. The number of nitrogens with zero attached hydrogens (tertiary/aromatic N) is 1. The van der Waals surface area contributed by atoms with E-state index in [0.717, 1.165) is 11.1 Å². The van der Waals surface area contributed by atoms with Gasteiger partial charge in [0.1, 0.15) is 0 Å². The van der Waals surface area contributed by atoms with Gasteiger partial charge in [-0.2, -0.15) is 0 Å². The molecule has 1 amide bonds. The molecule has 0 radical (unpaired) electrons. The van der Waals surface area contributed by atoms with Gasteiger partial charge >= 0.3 is 0 Å². The van der Waals surface area contributed by atoms with Crippen molar-refractivity contribution in [3.8, 4) is 0 Å². The number of hydrogen-bond donors (Lipinski definition) is 1. The van der Waals surface area contributed by atoms with E-state index in [-0.39, 0.29) is 10.8 Å². The second-order valence-corrected chi connectivity index (χ2v) is 8.20. The Morgan fingerprint density at radius 2 is 1.76 bits per heavy atom. The van der Waals surface area contributed by atoms with Gasteiger partial charge in [0.15, 0.2) is 0 Å². The molecule has 0 saturated carbocycles. The molecular formula is C18H21ClN2O3S. The Bertz CT molecular complexity index is 893. The second kappa shape index (κ2) is 7.56. The van der Waals surface area contributed by atoms with Crippen molar-refractivity contribution in [1.82, 2.24) is 9.62 Å². The fourth-order valence-corrected chi connectivity index (χ4v) is 3.69. The van der Waals surface area contributed by atoms with Crippen LogP contribution >= 0.6 is 11.6 Å². The van der Waals surface area contributed by atoms with Crippen molar-refractivity contribution in [1.29, 1.82) is 0 Å². The summed E-state index contributed by atoms with van der Waals surface area (Å²) in [5.74, 6) is -0.245. The molecule has 0 heterocycles. The fourth-order valence-electron chi connectivity index (χ4n) is 2.50. The van der Waals surface area contributed by atoms with E-state index in [9.17, 15) is 13.2 Å². The number of benzene rings is 2. The number of hydrogen-bond acceptors (Lipinski definition) is 3. The molecule has 2 aromatic rings. The van der Waals surface area contributed by atoms with E-state index < -0.39 is 10.0 Å². The highest BCUT2D eigenvalue weighted by molar-refractivity contribution is 7.89. The molecule has 0 aromatic heterocycles. The van der Waals surface area contributed by atoms with Gasteiger partial charge < -0.3 is 4.90 Å². The lowest BCUT2D eigenvalue weighted by molar-refractivity contribution is 0.0784. The van der Waals surface area contributed by atoms with Gasteiger partial charge in [-0.1, -0.05) is 23.7 Å². The first-order valence-corrected chi connectivity index (χ1v) is 9.56. The van der Waals surface area contributed by atoms with Crippen molar-refractivity contribution in [2.75, 3.05) is 14.1 Å². The highest BCUT2D eigenvalue weighted by atomic mass is 35.5. The van der Waals surface area contributed by atoms with Crippen LogP contribution in [0.5, 0.6) is 0 Å². The quantitative estimate of drug-likeness (QED) is 0.866. The maximum absolute atomic E-state index is 12.7. The summed E-state index contributed by atoms with van der Waals surface area (Å²) >= 11 is 5.87. The van der Waals surface area contributed by atoms with Crippen molar-refractivity contribution < 1.29 is 13.2 Å². The van der Waals surface area contributed by atoms with Crippen molar-refractivity contribution in [2.24, 2.45) is 0 Å². The van der Waals surface area contributed by atoms with Crippen LogP contribution in [0.4, 0.5) is 0 Å². The van der Waals surface area contributed by atoms with Gasteiger partial charge in [-0.05, 0) is 61.9 Å². The predicted molar refractivity (Wildman–Crippen MR) is 99.4 cm³/mol. The van der Waals surface area contributed by atoms with Crippen molar-refractivity contribution in [3.05, 3.63) is 63.7 Å². The number of carbonyl (C=O) groups excluding carboxylic acids is 1.